The highest BCUT2D eigenvalue weighted by Crippen LogP contribution is 2.20. The Morgan fingerprint density at radius 1 is 1.21 bits per heavy atom. The van der Waals surface area contributed by atoms with E-state index >= 15 is 0 Å². The average molecular weight is 347 g/mol. The summed E-state index contributed by atoms with van der Waals surface area (Å²) in [7, 11) is 3.89. The zero-order valence-corrected chi connectivity index (χ0v) is 14.9. The van der Waals surface area contributed by atoms with Crippen molar-refractivity contribution in [3.05, 3.63) is 41.3 Å². The first-order valence-corrected chi connectivity index (χ1v) is 8.58. The second-order valence-electron chi connectivity index (χ2n) is 6.28. The first-order chi connectivity index (χ1) is 11.6. The molecule has 3 rings (SSSR count). The van der Waals surface area contributed by atoms with Crippen LogP contribution in [0.15, 0.2) is 30.6 Å². The number of nitrogens with zero attached hydrogens (tertiary/aromatic N) is 5. The van der Waals surface area contributed by atoms with E-state index in [1.165, 1.54) is 0 Å². The predicted octanol–water partition coefficient (Wildman–Crippen LogP) is 2.67. The Bertz CT molecular complexity index is 670. The standard InChI is InChI=1S/C17H23ClN6/c1-23(2)17-20-9-5-15(22-17)21-14-6-10-24(11-7-14)12-13-4-3-8-19-16(13)18/h3-5,8-9,14H,6-7,10-12H2,1-2H3,(H,20,21,22). The maximum absolute atomic E-state index is 6.15. The second kappa shape index (κ2) is 7.77. The molecule has 7 heteroatoms. The number of anilines is 2. The van der Waals surface area contributed by atoms with E-state index in [4.69, 9.17) is 11.6 Å². The van der Waals surface area contributed by atoms with Gasteiger partial charge in [-0.15, -0.1) is 0 Å². The summed E-state index contributed by atoms with van der Waals surface area (Å²) in [5.41, 5.74) is 1.09. The fourth-order valence-corrected chi connectivity index (χ4v) is 3.05. The highest BCUT2D eigenvalue weighted by atomic mass is 35.5. The number of hydrogen-bond acceptors (Lipinski definition) is 6. The monoisotopic (exact) mass is 346 g/mol. The van der Waals surface area contributed by atoms with Crippen molar-refractivity contribution in [3.8, 4) is 0 Å². The van der Waals surface area contributed by atoms with Gasteiger partial charge in [-0.05, 0) is 25.0 Å². The van der Waals surface area contributed by atoms with Crippen LogP contribution >= 0.6 is 11.6 Å². The average Bonchev–Trinajstić information content (AvgIpc) is 2.59. The predicted molar refractivity (Wildman–Crippen MR) is 97.5 cm³/mol. The molecule has 0 bridgehead atoms. The van der Waals surface area contributed by atoms with Gasteiger partial charge in [0.1, 0.15) is 11.0 Å². The molecule has 2 aromatic rings. The molecule has 128 valence electrons. The van der Waals surface area contributed by atoms with Gasteiger partial charge in [-0.2, -0.15) is 4.98 Å². The molecule has 2 aromatic heterocycles. The van der Waals surface area contributed by atoms with E-state index in [-0.39, 0.29) is 0 Å². The molecule has 1 saturated heterocycles. The van der Waals surface area contributed by atoms with Crippen LogP contribution in [-0.4, -0.2) is 53.1 Å². The molecule has 0 radical (unpaired) electrons. The molecule has 1 N–H and O–H groups in total. The molecule has 3 heterocycles. The summed E-state index contributed by atoms with van der Waals surface area (Å²) in [4.78, 5) is 17.3. The lowest BCUT2D eigenvalue weighted by molar-refractivity contribution is 0.211. The summed E-state index contributed by atoms with van der Waals surface area (Å²) in [5.74, 6) is 1.62. The number of rotatable bonds is 5. The Morgan fingerprint density at radius 3 is 2.71 bits per heavy atom. The van der Waals surface area contributed by atoms with Crippen molar-refractivity contribution in [1.82, 2.24) is 19.9 Å². The molecule has 0 spiro atoms. The van der Waals surface area contributed by atoms with Crippen LogP contribution in [0.2, 0.25) is 5.15 Å². The third-order valence-corrected chi connectivity index (χ3v) is 4.55. The molecular formula is C17H23ClN6. The van der Waals surface area contributed by atoms with Gasteiger partial charge in [-0.3, -0.25) is 4.90 Å². The molecule has 0 aromatic carbocycles. The minimum absolute atomic E-state index is 0.440. The summed E-state index contributed by atoms with van der Waals surface area (Å²) < 4.78 is 0. The zero-order chi connectivity index (χ0) is 16.9. The van der Waals surface area contributed by atoms with Gasteiger partial charge >= 0.3 is 0 Å². The molecule has 0 unspecified atom stereocenters. The van der Waals surface area contributed by atoms with Gasteiger partial charge in [-0.25, -0.2) is 9.97 Å². The first kappa shape index (κ1) is 16.9. The Hall–Kier alpha value is -1.92. The van der Waals surface area contributed by atoms with Crippen molar-refractivity contribution < 1.29 is 0 Å². The lowest BCUT2D eigenvalue weighted by atomic mass is 10.0. The Labute approximate surface area is 147 Å². The van der Waals surface area contributed by atoms with Crippen LogP contribution in [0.5, 0.6) is 0 Å². The lowest BCUT2D eigenvalue weighted by Crippen LogP contribution is -2.38. The van der Waals surface area contributed by atoms with Gasteiger partial charge in [0, 0.05) is 57.7 Å². The van der Waals surface area contributed by atoms with Gasteiger partial charge in [0.15, 0.2) is 0 Å². The van der Waals surface area contributed by atoms with Gasteiger partial charge in [-0.1, -0.05) is 17.7 Å². The van der Waals surface area contributed by atoms with E-state index in [1.54, 1.807) is 12.4 Å². The Kier molecular flexibility index (Phi) is 5.48. The molecular weight excluding hydrogens is 324 g/mol. The van der Waals surface area contributed by atoms with Gasteiger partial charge < -0.3 is 10.2 Å². The van der Waals surface area contributed by atoms with E-state index in [0.29, 0.717) is 11.2 Å². The molecule has 0 atom stereocenters. The second-order valence-corrected chi connectivity index (χ2v) is 6.64. The maximum Gasteiger partial charge on any atom is 0.226 e. The summed E-state index contributed by atoms with van der Waals surface area (Å²) in [6.07, 6.45) is 5.69. The van der Waals surface area contributed by atoms with Crippen LogP contribution in [0.1, 0.15) is 18.4 Å². The van der Waals surface area contributed by atoms with E-state index in [2.05, 4.69) is 25.2 Å². The minimum atomic E-state index is 0.440. The molecule has 0 saturated carbocycles. The van der Waals surface area contributed by atoms with Crippen LogP contribution in [0.3, 0.4) is 0 Å². The molecule has 24 heavy (non-hydrogen) atoms. The number of halogens is 1. The van der Waals surface area contributed by atoms with Gasteiger partial charge in [0.05, 0.1) is 0 Å². The molecule has 0 aliphatic carbocycles. The number of nitrogens with one attached hydrogen (secondary N) is 1. The summed E-state index contributed by atoms with van der Waals surface area (Å²) >= 11 is 6.15. The number of pyridine rings is 1. The van der Waals surface area contributed by atoms with E-state index in [0.717, 1.165) is 49.8 Å². The van der Waals surface area contributed by atoms with E-state index in [1.807, 2.05) is 37.2 Å². The molecule has 1 aliphatic rings. The molecule has 6 nitrogen and oxygen atoms in total. The number of hydrogen-bond donors (Lipinski definition) is 1. The maximum atomic E-state index is 6.15. The molecule has 1 aliphatic heterocycles. The van der Waals surface area contributed by atoms with Crippen molar-refractivity contribution in [3.63, 3.8) is 0 Å². The number of piperidine rings is 1. The fraction of sp³-hybridized carbons (Fsp3) is 0.471. The van der Waals surface area contributed by atoms with Crippen LogP contribution < -0.4 is 10.2 Å². The SMILES string of the molecule is CN(C)c1nccc(NC2CCN(Cc3cccnc3Cl)CC2)n1. The highest BCUT2D eigenvalue weighted by Gasteiger charge is 2.20. The minimum Gasteiger partial charge on any atom is -0.367 e. The molecule has 0 amide bonds. The number of likely N-dealkylation sites (tertiary alicyclic amines) is 1. The van der Waals surface area contributed by atoms with Crippen molar-refractivity contribution >= 4 is 23.4 Å². The van der Waals surface area contributed by atoms with Crippen LogP contribution in [-0.2, 0) is 6.54 Å². The summed E-state index contributed by atoms with van der Waals surface area (Å²) in [5, 5.41) is 4.14. The third-order valence-electron chi connectivity index (χ3n) is 4.21. The first-order valence-electron chi connectivity index (χ1n) is 8.20. The van der Waals surface area contributed by atoms with Crippen LogP contribution in [0.25, 0.3) is 0 Å². The summed E-state index contributed by atoms with van der Waals surface area (Å²) in [6.45, 7) is 2.93. The van der Waals surface area contributed by atoms with E-state index in [9.17, 15) is 0 Å². The third kappa shape index (κ3) is 4.33. The van der Waals surface area contributed by atoms with E-state index < -0.39 is 0 Å². The zero-order valence-electron chi connectivity index (χ0n) is 14.1. The Morgan fingerprint density at radius 2 is 2.00 bits per heavy atom. The largest absolute Gasteiger partial charge is 0.367 e. The van der Waals surface area contributed by atoms with Crippen LogP contribution in [0, 0.1) is 0 Å². The van der Waals surface area contributed by atoms with Gasteiger partial charge in [0.2, 0.25) is 5.95 Å². The molecule has 1 fully saturated rings. The number of aromatic nitrogens is 3. The lowest BCUT2D eigenvalue weighted by Gasteiger charge is -2.32. The van der Waals surface area contributed by atoms with Crippen molar-refractivity contribution in [2.75, 3.05) is 37.4 Å². The fourth-order valence-electron chi connectivity index (χ4n) is 2.87. The smallest absolute Gasteiger partial charge is 0.226 e. The van der Waals surface area contributed by atoms with Crippen LogP contribution in [0.4, 0.5) is 11.8 Å². The van der Waals surface area contributed by atoms with Crippen molar-refractivity contribution in [2.45, 2.75) is 25.4 Å². The summed E-state index contributed by atoms with van der Waals surface area (Å²) in [6, 6.07) is 6.35. The van der Waals surface area contributed by atoms with Crippen molar-refractivity contribution in [2.24, 2.45) is 0 Å². The van der Waals surface area contributed by atoms with Gasteiger partial charge in [0.25, 0.3) is 0 Å². The quantitative estimate of drug-likeness (QED) is 0.840. The normalized spacial score (nSPS) is 16.1. The highest BCUT2D eigenvalue weighted by molar-refractivity contribution is 6.30. The topological polar surface area (TPSA) is 57.2 Å². The van der Waals surface area contributed by atoms with Crippen molar-refractivity contribution in [1.29, 1.82) is 0 Å². The Balaban J connectivity index is 1.52.